The Balaban J connectivity index is 1.75. The molecule has 0 N–H and O–H groups in total. The van der Waals surface area contributed by atoms with Gasteiger partial charge in [0, 0.05) is 17.7 Å². The third kappa shape index (κ3) is 2.44. The molecule has 1 aromatic carbocycles. The fourth-order valence-corrected chi connectivity index (χ4v) is 3.74. The molecule has 0 radical (unpaired) electrons. The fourth-order valence-electron chi connectivity index (χ4n) is 2.76. The summed E-state index contributed by atoms with van der Waals surface area (Å²) in [5.74, 6) is 0.676. The highest BCUT2D eigenvalue weighted by Crippen LogP contribution is 2.38. The lowest BCUT2D eigenvalue weighted by Gasteiger charge is -2.36. The van der Waals surface area contributed by atoms with Gasteiger partial charge in [0.25, 0.3) is 0 Å². The molecule has 0 bridgehead atoms. The SMILES string of the molecule is O=C1N=C(c2ccccc2)C2=CC=CSC2N1CC1CC1. The first-order valence-corrected chi connectivity index (χ1v) is 8.24. The van der Waals surface area contributed by atoms with Gasteiger partial charge in [0.05, 0.1) is 5.71 Å². The molecule has 0 aromatic heterocycles. The Morgan fingerprint density at radius 2 is 2.05 bits per heavy atom. The average Bonchev–Trinajstić information content (AvgIpc) is 3.35. The van der Waals surface area contributed by atoms with Gasteiger partial charge in [0.15, 0.2) is 0 Å². The monoisotopic (exact) mass is 296 g/mol. The molecule has 1 fully saturated rings. The second kappa shape index (κ2) is 5.19. The Morgan fingerprint density at radius 1 is 1.24 bits per heavy atom. The van der Waals surface area contributed by atoms with Gasteiger partial charge in [-0.15, -0.1) is 11.8 Å². The molecule has 1 saturated carbocycles. The summed E-state index contributed by atoms with van der Waals surface area (Å²) in [7, 11) is 0. The number of fused-ring (bicyclic) bond motifs is 1. The van der Waals surface area contributed by atoms with Crippen LogP contribution in [0, 0.1) is 5.92 Å². The predicted molar refractivity (Wildman–Crippen MR) is 86.4 cm³/mol. The number of hydrogen-bond donors (Lipinski definition) is 0. The van der Waals surface area contributed by atoms with Gasteiger partial charge in [-0.25, -0.2) is 4.79 Å². The molecule has 3 nitrogen and oxygen atoms in total. The van der Waals surface area contributed by atoms with E-state index in [2.05, 4.69) is 16.5 Å². The number of carbonyl (C=O) groups is 1. The minimum atomic E-state index is -0.0919. The van der Waals surface area contributed by atoms with Gasteiger partial charge in [0.2, 0.25) is 0 Å². The van der Waals surface area contributed by atoms with Crippen LogP contribution in [0.5, 0.6) is 0 Å². The molecule has 4 heteroatoms. The molecule has 2 heterocycles. The fraction of sp³-hybridized carbons (Fsp3) is 0.294. The van der Waals surface area contributed by atoms with Gasteiger partial charge in [-0.2, -0.15) is 4.99 Å². The Bertz CT molecular complexity index is 659. The van der Waals surface area contributed by atoms with Crippen LogP contribution in [0.4, 0.5) is 4.79 Å². The van der Waals surface area contributed by atoms with Crippen molar-refractivity contribution in [2.24, 2.45) is 10.9 Å². The summed E-state index contributed by atoms with van der Waals surface area (Å²) in [6.45, 7) is 0.841. The number of carbonyl (C=O) groups excluding carboxylic acids is 1. The Hall–Kier alpha value is -1.81. The van der Waals surface area contributed by atoms with E-state index in [1.54, 1.807) is 11.8 Å². The summed E-state index contributed by atoms with van der Waals surface area (Å²) in [4.78, 5) is 18.8. The molecule has 1 unspecified atom stereocenters. The van der Waals surface area contributed by atoms with Crippen molar-refractivity contribution in [2.75, 3.05) is 6.54 Å². The molecular formula is C17H16N2OS. The standard InChI is InChI=1S/C17H16N2OS/c20-17-18-15(13-5-2-1-3-6-13)14-7-4-10-21-16(14)19(17)11-12-8-9-12/h1-7,10,12,16H,8-9,11H2. The van der Waals surface area contributed by atoms with E-state index in [-0.39, 0.29) is 11.4 Å². The number of nitrogens with zero attached hydrogens (tertiary/aromatic N) is 2. The van der Waals surface area contributed by atoms with E-state index < -0.39 is 0 Å². The van der Waals surface area contributed by atoms with Gasteiger partial charge in [0.1, 0.15) is 5.37 Å². The van der Waals surface area contributed by atoms with Gasteiger partial charge >= 0.3 is 6.03 Å². The van der Waals surface area contributed by atoms with Gasteiger partial charge in [-0.3, -0.25) is 0 Å². The van der Waals surface area contributed by atoms with Crippen LogP contribution in [0.1, 0.15) is 18.4 Å². The molecule has 2 aliphatic heterocycles. The van der Waals surface area contributed by atoms with Crippen LogP contribution in [-0.2, 0) is 0 Å². The van der Waals surface area contributed by atoms with E-state index in [1.165, 1.54) is 12.8 Å². The molecule has 4 rings (SSSR count). The molecule has 1 aromatic rings. The van der Waals surface area contributed by atoms with Crippen molar-refractivity contribution in [3.63, 3.8) is 0 Å². The summed E-state index contributed by atoms with van der Waals surface area (Å²) in [5, 5.41) is 2.14. The normalized spacial score (nSPS) is 24.5. The first-order valence-electron chi connectivity index (χ1n) is 7.30. The van der Waals surface area contributed by atoms with E-state index in [0.29, 0.717) is 5.92 Å². The maximum absolute atomic E-state index is 12.5. The van der Waals surface area contributed by atoms with E-state index >= 15 is 0 Å². The Kier molecular flexibility index (Phi) is 3.19. The average molecular weight is 296 g/mol. The molecular weight excluding hydrogens is 280 g/mol. The summed E-state index contributed by atoms with van der Waals surface area (Å²) < 4.78 is 0. The molecule has 0 saturated heterocycles. The zero-order chi connectivity index (χ0) is 14.2. The van der Waals surface area contributed by atoms with Gasteiger partial charge < -0.3 is 4.90 Å². The van der Waals surface area contributed by atoms with Crippen LogP contribution in [0.25, 0.3) is 0 Å². The molecule has 21 heavy (non-hydrogen) atoms. The molecule has 0 spiro atoms. The number of allylic oxidation sites excluding steroid dienone is 2. The van der Waals surface area contributed by atoms with Crippen LogP contribution in [0.2, 0.25) is 0 Å². The molecule has 106 valence electrons. The first kappa shape index (κ1) is 12.9. The minimum Gasteiger partial charge on any atom is -0.306 e. The third-order valence-electron chi connectivity index (χ3n) is 4.04. The van der Waals surface area contributed by atoms with Crippen LogP contribution in [0.3, 0.4) is 0 Å². The molecule has 1 aliphatic carbocycles. The maximum atomic E-state index is 12.5. The second-order valence-electron chi connectivity index (χ2n) is 5.64. The van der Waals surface area contributed by atoms with Crippen LogP contribution < -0.4 is 0 Å². The lowest BCUT2D eigenvalue weighted by molar-refractivity contribution is 0.204. The lowest BCUT2D eigenvalue weighted by Crippen LogP contribution is -2.45. The quantitative estimate of drug-likeness (QED) is 0.849. The highest BCUT2D eigenvalue weighted by atomic mass is 32.2. The van der Waals surface area contributed by atoms with Crippen molar-refractivity contribution in [1.82, 2.24) is 4.90 Å². The van der Waals surface area contributed by atoms with Crippen molar-refractivity contribution in [1.29, 1.82) is 0 Å². The van der Waals surface area contributed by atoms with Crippen molar-refractivity contribution in [3.05, 3.63) is 59.0 Å². The second-order valence-corrected chi connectivity index (χ2v) is 6.63. The number of amides is 2. The first-order chi connectivity index (χ1) is 10.3. The number of benzene rings is 1. The number of thioether (sulfide) groups is 1. The summed E-state index contributed by atoms with van der Waals surface area (Å²) in [6, 6.07) is 9.90. The zero-order valence-electron chi connectivity index (χ0n) is 11.6. The highest BCUT2D eigenvalue weighted by Gasteiger charge is 2.38. The van der Waals surface area contributed by atoms with E-state index in [4.69, 9.17) is 0 Å². The molecule has 1 atom stereocenters. The van der Waals surface area contributed by atoms with Crippen LogP contribution >= 0.6 is 11.8 Å². The van der Waals surface area contributed by atoms with Crippen LogP contribution in [-0.4, -0.2) is 28.6 Å². The van der Waals surface area contributed by atoms with Crippen molar-refractivity contribution >= 4 is 23.5 Å². The number of urea groups is 1. The van der Waals surface area contributed by atoms with Crippen molar-refractivity contribution in [3.8, 4) is 0 Å². The largest absolute Gasteiger partial charge is 0.345 e. The van der Waals surface area contributed by atoms with Gasteiger partial charge in [-0.05, 0) is 24.2 Å². The van der Waals surface area contributed by atoms with E-state index in [0.717, 1.165) is 23.4 Å². The minimum absolute atomic E-state index is 0.0795. The van der Waals surface area contributed by atoms with Crippen molar-refractivity contribution in [2.45, 2.75) is 18.2 Å². The summed E-state index contributed by atoms with van der Waals surface area (Å²) >= 11 is 1.70. The van der Waals surface area contributed by atoms with Gasteiger partial charge in [-0.1, -0.05) is 42.5 Å². The zero-order valence-corrected chi connectivity index (χ0v) is 12.4. The third-order valence-corrected chi connectivity index (χ3v) is 5.12. The Morgan fingerprint density at radius 3 is 2.81 bits per heavy atom. The summed E-state index contributed by atoms with van der Waals surface area (Å²) in [5.41, 5.74) is 2.99. The van der Waals surface area contributed by atoms with E-state index in [9.17, 15) is 4.79 Å². The highest BCUT2D eigenvalue weighted by molar-refractivity contribution is 8.03. The Labute approximate surface area is 128 Å². The number of rotatable bonds is 3. The molecule has 2 amide bonds. The van der Waals surface area contributed by atoms with E-state index in [1.807, 2.05) is 41.3 Å². The number of hydrogen-bond acceptors (Lipinski definition) is 2. The lowest BCUT2D eigenvalue weighted by atomic mass is 9.99. The maximum Gasteiger partial charge on any atom is 0.345 e. The topological polar surface area (TPSA) is 32.7 Å². The predicted octanol–water partition coefficient (Wildman–Crippen LogP) is 3.83. The van der Waals surface area contributed by atoms with Crippen molar-refractivity contribution < 1.29 is 4.79 Å². The molecule has 3 aliphatic rings. The number of aliphatic imine (C=N–C) groups is 1. The van der Waals surface area contributed by atoms with Crippen LogP contribution in [0.15, 0.2) is 58.5 Å². The summed E-state index contributed by atoms with van der Waals surface area (Å²) in [6.07, 6.45) is 6.62. The smallest absolute Gasteiger partial charge is 0.306 e.